The van der Waals surface area contributed by atoms with Crippen molar-refractivity contribution in [1.29, 1.82) is 5.26 Å². The maximum absolute atomic E-state index is 10.1. The van der Waals surface area contributed by atoms with Crippen LogP contribution in [0.1, 0.15) is 25.3 Å². The molecule has 1 aliphatic rings. The third kappa shape index (κ3) is 3.13. The summed E-state index contributed by atoms with van der Waals surface area (Å²) in [4.78, 5) is 0. The number of benzene rings is 2. The van der Waals surface area contributed by atoms with Crippen molar-refractivity contribution in [3.8, 4) is 23.1 Å². The summed E-state index contributed by atoms with van der Waals surface area (Å²) in [7, 11) is 1.63. The molecule has 1 atom stereocenters. The molecule has 3 aromatic rings. The molecule has 0 saturated heterocycles. The smallest absolute Gasteiger partial charge is 0.127 e. The van der Waals surface area contributed by atoms with E-state index >= 15 is 0 Å². The monoisotopic (exact) mass is 361 g/mol. The molecule has 1 fully saturated rings. The number of ether oxygens (including phenoxy) is 1. The number of nitrogens with zero attached hydrogens (tertiary/aromatic N) is 2. The number of rotatable bonds is 6. The highest BCUT2D eigenvalue weighted by molar-refractivity contribution is 5.95. The molecule has 1 aliphatic carbocycles. The second kappa shape index (κ2) is 6.98. The summed E-state index contributed by atoms with van der Waals surface area (Å²) < 4.78 is 7.50. The number of aliphatic hydroxyl groups is 1. The average molecular weight is 361 g/mol. The van der Waals surface area contributed by atoms with Crippen LogP contribution in [-0.4, -0.2) is 23.0 Å². The molecule has 1 heterocycles. The van der Waals surface area contributed by atoms with Gasteiger partial charge in [-0.1, -0.05) is 12.1 Å². The van der Waals surface area contributed by atoms with Gasteiger partial charge in [-0.25, -0.2) is 0 Å². The molecule has 0 bridgehead atoms. The molecule has 0 amide bonds. The topological polar surface area (TPSA) is 70.2 Å². The maximum Gasteiger partial charge on any atom is 0.127 e. The Hall–Kier alpha value is -2.97. The van der Waals surface area contributed by atoms with Crippen LogP contribution in [0.4, 0.5) is 5.69 Å². The molecule has 1 unspecified atom stereocenters. The van der Waals surface area contributed by atoms with E-state index in [-0.39, 0.29) is 0 Å². The SMILES string of the molecule is CCn1c(-c2ccc(NC(O)C3CC3)cc2)c(C#N)c2cc(OC)ccc21. The molecule has 4 rings (SSSR count). The number of anilines is 1. The third-order valence-electron chi connectivity index (χ3n) is 5.24. The van der Waals surface area contributed by atoms with Gasteiger partial charge in [-0.3, -0.25) is 0 Å². The number of hydrogen-bond acceptors (Lipinski definition) is 4. The van der Waals surface area contributed by atoms with Crippen LogP contribution in [0.15, 0.2) is 42.5 Å². The highest BCUT2D eigenvalue weighted by atomic mass is 16.5. The van der Waals surface area contributed by atoms with E-state index in [4.69, 9.17) is 4.74 Å². The number of fused-ring (bicyclic) bond motifs is 1. The van der Waals surface area contributed by atoms with Crippen molar-refractivity contribution < 1.29 is 9.84 Å². The predicted octanol–water partition coefficient (Wildman–Crippen LogP) is 4.35. The predicted molar refractivity (Wildman–Crippen MR) is 107 cm³/mol. The Morgan fingerprint density at radius 2 is 2.00 bits per heavy atom. The van der Waals surface area contributed by atoms with E-state index in [2.05, 4.69) is 22.9 Å². The highest BCUT2D eigenvalue weighted by Gasteiger charge is 2.29. The van der Waals surface area contributed by atoms with Crippen LogP contribution in [0, 0.1) is 17.2 Å². The summed E-state index contributed by atoms with van der Waals surface area (Å²) in [6, 6.07) is 16.1. The van der Waals surface area contributed by atoms with Crippen molar-refractivity contribution in [2.75, 3.05) is 12.4 Å². The van der Waals surface area contributed by atoms with E-state index in [1.54, 1.807) is 7.11 Å². The van der Waals surface area contributed by atoms with Crippen LogP contribution in [0.5, 0.6) is 5.75 Å². The normalized spacial score (nSPS) is 14.7. The van der Waals surface area contributed by atoms with Crippen LogP contribution in [-0.2, 0) is 6.54 Å². The molecule has 1 saturated carbocycles. The quantitative estimate of drug-likeness (QED) is 0.641. The van der Waals surface area contributed by atoms with Crippen molar-refractivity contribution in [3.63, 3.8) is 0 Å². The lowest BCUT2D eigenvalue weighted by atomic mass is 10.1. The lowest BCUT2D eigenvalue weighted by Gasteiger charge is -2.14. The first-order valence-electron chi connectivity index (χ1n) is 9.31. The summed E-state index contributed by atoms with van der Waals surface area (Å²) in [6.07, 6.45) is 1.68. The fourth-order valence-electron chi connectivity index (χ4n) is 3.63. The zero-order chi connectivity index (χ0) is 19.0. The van der Waals surface area contributed by atoms with Gasteiger partial charge in [0.2, 0.25) is 0 Å². The van der Waals surface area contributed by atoms with Gasteiger partial charge >= 0.3 is 0 Å². The second-order valence-corrected chi connectivity index (χ2v) is 6.97. The van der Waals surface area contributed by atoms with Crippen molar-refractivity contribution >= 4 is 16.6 Å². The minimum atomic E-state index is -0.486. The Kier molecular flexibility index (Phi) is 4.51. The van der Waals surface area contributed by atoms with Crippen LogP contribution < -0.4 is 10.1 Å². The number of aromatic nitrogens is 1. The number of hydrogen-bond donors (Lipinski definition) is 2. The third-order valence-corrected chi connectivity index (χ3v) is 5.24. The van der Waals surface area contributed by atoms with E-state index in [9.17, 15) is 10.4 Å². The summed E-state index contributed by atoms with van der Waals surface area (Å²) in [5, 5.41) is 24.0. The van der Waals surface area contributed by atoms with Gasteiger partial charge in [-0.2, -0.15) is 5.26 Å². The number of aliphatic hydroxyl groups excluding tert-OH is 1. The molecule has 138 valence electrons. The molecular weight excluding hydrogens is 338 g/mol. The zero-order valence-electron chi connectivity index (χ0n) is 15.6. The summed E-state index contributed by atoms with van der Waals surface area (Å²) in [6.45, 7) is 2.84. The van der Waals surface area contributed by atoms with E-state index in [1.807, 2.05) is 42.5 Å². The van der Waals surface area contributed by atoms with Crippen LogP contribution in [0.25, 0.3) is 22.2 Å². The van der Waals surface area contributed by atoms with E-state index in [1.165, 1.54) is 0 Å². The minimum Gasteiger partial charge on any atom is -0.497 e. The van der Waals surface area contributed by atoms with Crippen LogP contribution in [0.3, 0.4) is 0 Å². The van der Waals surface area contributed by atoms with Crippen molar-refractivity contribution in [2.45, 2.75) is 32.5 Å². The van der Waals surface area contributed by atoms with E-state index in [0.717, 1.165) is 53.0 Å². The second-order valence-electron chi connectivity index (χ2n) is 6.97. The molecule has 5 nitrogen and oxygen atoms in total. The Morgan fingerprint density at radius 3 is 2.59 bits per heavy atom. The largest absolute Gasteiger partial charge is 0.497 e. The molecular formula is C22H23N3O2. The fraction of sp³-hybridized carbons (Fsp3) is 0.318. The Morgan fingerprint density at radius 1 is 1.26 bits per heavy atom. The standard InChI is InChI=1S/C22H23N3O2/c1-3-25-20-11-10-17(27-2)12-18(20)19(13-23)21(25)14-6-8-16(9-7-14)24-22(26)15-4-5-15/h6-12,15,22,24,26H,3-5H2,1-2H3. The molecule has 0 radical (unpaired) electrons. The average Bonchev–Trinajstić information content (AvgIpc) is 3.50. The van der Waals surface area contributed by atoms with Crippen molar-refractivity contribution in [2.24, 2.45) is 5.92 Å². The summed E-state index contributed by atoms with van der Waals surface area (Å²) in [5.74, 6) is 1.11. The minimum absolute atomic E-state index is 0.368. The van der Waals surface area contributed by atoms with Gasteiger partial charge in [0, 0.05) is 23.5 Å². The number of nitrogens with one attached hydrogen (secondary N) is 1. The molecule has 1 aromatic heterocycles. The summed E-state index contributed by atoms with van der Waals surface area (Å²) in [5.41, 5.74) is 4.46. The molecule has 0 aliphatic heterocycles. The first-order valence-corrected chi connectivity index (χ1v) is 9.31. The van der Waals surface area contributed by atoms with Crippen molar-refractivity contribution in [1.82, 2.24) is 4.57 Å². The Labute approximate surface area is 158 Å². The number of methoxy groups -OCH3 is 1. The maximum atomic E-state index is 10.1. The first-order chi connectivity index (χ1) is 13.2. The Bertz CT molecular complexity index is 1010. The molecule has 0 spiro atoms. The fourth-order valence-corrected chi connectivity index (χ4v) is 3.63. The van der Waals surface area contributed by atoms with Gasteiger partial charge in [-0.15, -0.1) is 0 Å². The van der Waals surface area contributed by atoms with E-state index in [0.29, 0.717) is 11.5 Å². The first kappa shape index (κ1) is 17.4. The van der Waals surface area contributed by atoms with Gasteiger partial charge in [-0.05, 0) is 55.7 Å². The van der Waals surface area contributed by atoms with Gasteiger partial charge in [0.1, 0.15) is 18.0 Å². The van der Waals surface area contributed by atoms with E-state index < -0.39 is 6.23 Å². The number of aryl methyl sites for hydroxylation is 1. The Balaban J connectivity index is 1.77. The number of nitriles is 1. The van der Waals surface area contributed by atoms with Crippen LogP contribution >= 0.6 is 0 Å². The van der Waals surface area contributed by atoms with Crippen molar-refractivity contribution in [3.05, 3.63) is 48.0 Å². The van der Waals surface area contributed by atoms with Gasteiger partial charge in [0.15, 0.2) is 0 Å². The van der Waals surface area contributed by atoms with Gasteiger partial charge in [0.25, 0.3) is 0 Å². The molecule has 2 aromatic carbocycles. The van der Waals surface area contributed by atoms with Gasteiger partial charge in [0.05, 0.1) is 23.9 Å². The lowest BCUT2D eigenvalue weighted by Crippen LogP contribution is -2.20. The highest BCUT2D eigenvalue weighted by Crippen LogP contribution is 2.36. The van der Waals surface area contributed by atoms with Gasteiger partial charge < -0.3 is 19.7 Å². The molecule has 27 heavy (non-hydrogen) atoms. The zero-order valence-corrected chi connectivity index (χ0v) is 15.6. The lowest BCUT2D eigenvalue weighted by molar-refractivity contribution is 0.180. The molecule has 5 heteroatoms. The van der Waals surface area contributed by atoms with Crippen LogP contribution in [0.2, 0.25) is 0 Å². The summed E-state index contributed by atoms with van der Waals surface area (Å²) >= 11 is 0. The molecule has 2 N–H and O–H groups in total.